The van der Waals surface area contributed by atoms with Crippen molar-refractivity contribution in [2.24, 2.45) is 5.92 Å². The van der Waals surface area contributed by atoms with Crippen LogP contribution in [0.5, 0.6) is 0 Å². The molecule has 0 aliphatic rings. The summed E-state index contributed by atoms with van der Waals surface area (Å²) in [5, 5.41) is 11.7. The second-order valence-electron chi connectivity index (χ2n) is 5.03. The quantitative estimate of drug-likeness (QED) is 0.810. The molecule has 0 fully saturated rings. The predicted octanol–water partition coefficient (Wildman–Crippen LogP) is 2.50. The second kappa shape index (κ2) is 8.39. The molecule has 108 valence electrons. The van der Waals surface area contributed by atoms with Crippen LogP contribution in [-0.4, -0.2) is 24.2 Å². The fourth-order valence-corrected chi connectivity index (χ4v) is 1.62. The number of aliphatic hydroxyl groups excluding tert-OH is 1. The molecule has 3 nitrogen and oxygen atoms in total. The van der Waals surface area contributed by atoms with Crippen molar-refractivity contribution >= 4 is 5.91 Å². The average Bonchev–Trinajstić information content (AvgIpc) is 2.46. The number of amides is 1. The summed E-state index contributed by atoms with van der Waals surface area (Å²) in [7, 11) is 0. The number of nitrogens with one attached hydrogen (secondary N) is 1. The highest BCUT2D eigenvalue weighted by Gasteiger charge is 2.08. The monoisotopic (exact) mass is 273 g/mol. The van der Waals surface area contributed by atoms with Crippen LogP contribution in [0, 0.1) is 24.7 Å². The molecule has 1 amide bonds. The van der Waals surface area contributed by atoms with Crippen molar-refractivity contribution < 1.29 is 9.90 Å². The number of benzene rings is 1. The summed E-state index contributed by atoms with van der Waals surface area (Å²) < 4.78 is 0. The molecule has 1 atom stereocenters. The van der Waals surface area contributed by atoms with Crippen molar-refractivity contribution in [1.29, 1.82) is 0 Å². The molecular formula is C17H23NO2. The molecular weight excluding hydrogens is 250 g/mol. The highest BCUT2D eigenvalue weighted by molar-refractivity contribution is 5.94. The Balaban J connectivity index is 2.79. The molecule has 1 rings (SSSR count). The summed E-state index contributed by atoms with van der Waals surface area (Å²) in [6.45, 7) is 6.93. The summed E-state index contributed by atoms with van der Waals surface area (Å²) in [4.78, 5) is 12.1. The third-order valence-corrected chi connectivity index (χ3v) is 3.27. The van der Waals surface area contributed by atoms with Gasteiger partial charge >= 0.3 is 0 Å². The minimum Gasteiger partial charge on any atom is -0.395 e. The Hall–Kier alpha value is -1.79. The van der Waals surface area contributed by atoms with Gasteiger partial charge in [0.2, 0.25) is 0 Å². The molecule has 2 N–H and O–H groups in total. The number of hydrogen-bond acceptors (Lipinski definition) is 2. The van der Waals surface area contributed by atoms with E-state index in [4.69, 9.17) is 5.11 Å². The summed E-state index contributed by atoms with van der Waals surface area (Å²) in [5.41, 5.74) is 2.51. The Morgan fingerprint density at radius 3 is 2.85 bits per heavy atom. The zero-order valence-corrected chi connectivity index (χ0v) is 12.5. The number of aliphatic hydroxyl groups is 1. The van der Waals surface area contributed by atoms with E-state index in [2.05, 4.69) is 31.0 Å². The molecule has 0 aromatic heterocycles. The molecule has 20 heavy (non-hydrogen) atoms. The zero-order valence-electron chi connectivity index (χ0n) is 12.5. The van der Waals surface area contributed by atoms with Crippen molar-refractivity contribution in [3.8, 4) is 11.8 Å². The molecule has 0 aliphatic heterocycles. The number of carbonyl (C=O) groups excluding carboxylic acids is 1. The predicted molar refractivity (Wildman–Crippen MR) is 81.5 cm³/mol. The van der Waals surface area contributed by atoms with Crippen LogP contribution in [0.25, 0.3) is 0 Å². The molecule has 1 aromatic carbocycles. The maximum absolute atomic E-state index is 12.1. The minimum atomic E-state index is -0.0597. The minimum absolute atomic E-state index is 0.0567. The lowest BCUT2D eigenvalue weighted by molar-refractivity contribution is 0.0948. The highest BCUT2D eigenvalue weighted by Crippen LogP contribution is 2.10. The van der Waals surface area contributed by atoms with E-state index in [9.17, 15) is 4.79 Å². The third-order valence-electron chi connectivity index (χ3n) is 3.27. The van der Waals surface area contributed by atoms with Crippen LogP contribution >= 0.6 is 0 Å². The fraction of sp³-hybridized carbons (Fsp3) is 0.471. The Labute approximate surface area is 121 Å². The van der Waals surface area contributed by atoms with Gasteiger partial charge in [-0.15, -0.1) is 0 Å². The van der Waals surface area contributed by atoms with Crippen molar-refractivity contribution in [1.82, 2.24) is 5.32 Å². The van der Waals surface area contributed by atoms with Gasteiger partial charge in [0.15, 0.2) is 0 Å². The van der Waals surface area contributed by atoms with E-state index in [-0.39, 0.29) is 12.5 Å². The zero-order chi connectivity index (χ0) is 15.0. The fourth-order valence-electron chi connectivity index (χ4n) is 1.62. The van der Waals surface area contributed by atoms with E-state index >= 15 is 0 Å². The van der Waals surface area contributed by atoms with Gasteiger partial charge in [0, 0.05) is 24.1 Å². The molecule has 0 saturated carbocycles. The van der Waals surface area contributed by atoms with Crippen LogP contribution < -0.4 is 5.32 Å². The largest absolute Gasteiger partial charge is 0.395 e. The van der Waals surface area contributed by atoms with Gasteiger partial charge in [-0.25, -0.2) is 0 Å². The summed E-state index contributed by atoms with van der Waals surface area (Å²) in [6.07, 6.45) is 1.50. The lowest BCUT2D eigenvalue weighted by Crippen LogP contribution is -2.28. The second-order valence-corrected chi connectivity index (χ2v) is 5.03. The Bertz CT molecular complexity index is 511. The van der Waals surface area contributed by atoms with E-state index in [1.807, 2.05) is 25.1 Å². The molecule has 3 heteroatoms. The van der Waals surface area contributed by atoms with Crippen molar-refractivity contribution in [2.45, 2.75) is 33.6 Å². The first kappa shape index (κ1) is 16.3. The van der Waals surface area contributed by atoms with E-state index in [1.54, 1.807) is 0 Å². The van der Waals surface area contributed by atoms with Gasteiger partial charge < -0.3 is 10.4 Å². The first-order chi connectivity index (χ1) is 9.58. The maximum atomic E-state index is 12.1. The van der Waals surface area contributed by atoms with Gasteiger partial charge in [-0.1, -0.05) is 38.2 Å². The van der Waals surface area contributed by atoms with Gasteiger partial charge in [0.1, 0.15) is 0 Å². The Morgan fingerprint density at radius 1 is 1.45 bits per heavy atom. The summed E-state index contributed by atoms with van der Waals surface area (Å²) >= 11 is 0. The van der Waals surface area contributed by atoms with E-state index in [0.29, 0.717) is 24.4 Å². The van der Waals surface area contributed by atoms with Crippen LogP contribution in [0.1, 0.15) is 48.2 Å². The number of aryl methyl sites for hydroxylation is 1. The average molecular weight is 273 g/mol. The topological polar surface area (TPSA) is 49.3 Å². The molecule has 0 aliphatic carbocycles. The first-order valence-electron chi connectivity index (χ1n) is 7.07. The molecule has 1 unspecified atom stereocenters. The van der Waals surface area contributed by atoms with Gasteiger partial charge in [0.05, 0.1) is 6.61 Å². The number of hydrogen-bond donors (Lipinski definition) is 2. The van der Waals surface area contributed by atoms with Crippen LogP contribution in [0.2, 0.25) is 0 Å². The molecule has 0 spiro atoms. The Kier molecular flexibility index (Phi) is 6.83. The lowest BCUT2D eigenvalue weighted by Gasteiger charge is -2.10. The summed E-state index contributed by atoms with van der Waals surface area (Å²) in [6, 6.07) is 5.53. The van der Waals surface area contributed by atoms with Crippen molar-refractivity contribution in [2.75, 3.05) is 13.2 Å². The highest BCUT2D eigenvalue weighted by atomic mass is 16.2. The normalized spacial score (nSPS) is 11.4. The Morgan fingerprint density at radius 2 is 2.20 bits per heavy atom. The number of rotatable bonds is 5. The molecule has 1 aromatic rings. The van der Waals surface area contributed by atoms with Crippen molar-refractivity contribution in [3.05, 3.63) is 34.9 Å². The smallest absolute Gasteiger partial charge is 0.251 e. The molecule has 0 saturated heterocycles. The number of carbonyl (C=O) groups is 1. The van der Waals surface area contributed by atoms with Crippen LogP contribution in [0.4, 0.5) is 0 Å². The third kappa shape index (κ3) is 5.07. The lowest BCUT2D eigenvalue weighted by atomic mass is 10.0. The SMILES string of the molecule is CCC(C)CNC(=O)c1ccc(C)c(C#CCCO)c1. The van der Waals surface area contributed by atoms with Gasteiger partial charge in [-0.2, -0.15) is 0 Å². The molecule has 0 bridgehead atoms. The van der Waals surface area contributed by atoms with E-state index in [0.717, 1.165) is 17.5 Å². The van der Waals surface area contributed by atoms with Crippen LogP contribution in [0.15, 0.2) is 18.2 Å². The van der Waals surface area contributed by atoms with E-state index in [1.165, 1.54) is 0 Å². The molecule has 0 radical (unpaired) electrons. The summed E-state index contributed by atoms with van der Waals surface area (Å²) in [5.74, 6) is 6.30. The van der Waals surface area contributed by atoms with Crippen LogP contribution in [-0.2, 0) is 0 Å². The molecule has 0 heterocycles. The van der Waals surface area contributed by atoms with Crippen LogP contribution in [0.3, 0.4) is 0 Å². The standard InChI is InChI=1S/C17H23NO2/c1-4-13(2)12-18-17(20)16-9-8-14(3)15(11-16)7-5-6-10-19/h8-9,11,13,19H,4,6,10,12H2,1-3H3,(H,18,20). The first-order valence-corrected chi connectivity index (χ1v) is 7.07. The van der Waals surface area contributed by atoms with Gasteiger partial charge in [-0.05, 0) is 30.5 Å². The van der Waals surface area contributed by atoms with Gasteiger partial charge in [0.25, 0.3) is 5.91 Å². The van der Waals surface area contributed by atoms with E-state index < -0.39 is 0 Å². The van der Waals surface area contributed by atoms with Gasteiger partial charge in [-0.3, -0.25) is 4.79 Å². The van der Waals surface area contributed by atoms with Crippen molar-refractivity contribution in [3.63, 3.8) is 0 Å². The maximum Gasteiger partial charge on any atom is 0.251 e.